The van der Waals surface area contributed by atoms with Gasteiger partial charge in [0.2, 0.25) is 0 Å². The monoisotopic (exact) mass is 310 g/mol. The number of urea groups is 1. The maximum absolute atomic E-state index is 12.4. The molecule has 0 atom stereocenters. The van der Waals surface area contributed by atoms with Crippen molar-refractivity contribution in [2.24, 2.45) is 0 Å². The first-order chi connectivity index (χ1) is 11.2. The number of hydrogen-bond donors (Lipinski definition) is 1. The maximum Gasteiger partial charge on any atom is 0.322 e. The zero-order valence-electron chi connectivity index (χ0n) is 13.5. The Morgan fingerprint density at radius 2 is 1.78 bits per heavy atom. The Labute approximate surface area is 136 Å². The van der Waals surface area contributed by atoms with Crippen LogP contribution in [0.15, 0.2) is 36.8 Å². The molecule has 5 heteroatoms. The second kappa shape index (κ2) is 5.41. The van der Waals surface area contributed by atoms with Gasteiger partial charge in [0.1, 0.15) is 0 Å². The summed E-state index contributed by atoms with van der Waals surface area (Å²) in [5.74, 6) is 0. The number of nitrogens with one attached hydrogen (secondary N) is 1. The van der Waals surface area contributed by atoms with Crippen molar-refractivity contribution < 1.29 is 4.79 Å². The highest BCUT2D eigenvalue weighted by Crippen LogP contribution is 2.34. The lowest BCUT2D eigenvalue weighted by atomic mass is 9.82. The average Bonchev–Trinajstić information content (AvgIpc) is 3.12. The first-order valence-corrected chi connectivity index (χ1v) is 8.36. The summed E-state index contributed by atoms with van der Waals surface area (Å²) in [7, 11) is 0. The molecule has 4 rings (SSSR count). The third-order valence-electron chi connectivity index (χ3n) is 5.06. The summed E-state index contributed by atoms with van der Waals surface area (Å²) in [5, 5.41) is 3.24. The van der Waals surface area contributed by atoms with Crippen LogP contribution in [0, 0.1) is 6.92 Å². The summed E-state index contributed by atoms with van der Waals surface area (Å²) in [4.78, 5) is 18.5. The van der Waals surface area contributed by atoms with E-state index in [0.717, 1.165) is 36.5 Å². The first-order valence-electron chi connectivity index (χ1n) is 8.36. The van der Waals surface area contributed by atoms with E-state index in [-0.39, 0.29) is 11.6 Å². The van der Waals surface area contributed by atoms with Gasteiger partial charge in [-0.3, -0.25) is 4.90 Å². The molecule has 2 amide bonds. The molecule has 23 heavy (non-hydrogen) atoms. The number of benzene rings is 1. The van der Waals surface area contributed by atoms with Gasteiger partial charge in [0.05, 0.1) is 24.1 Å². The lowest BCUT2D eigenvalue weighted by Gasteiger charge is -2.32. The standard InChI is InChI=1S/C18H22N4O/c1-14-11-21(13-19-14)15-5-7-16(8-6-15)22-12-18(20-17(22)23)9-3-2-4-10-18/h5-8,11,13H,2-4,9-10,12H2,1H3,(H,20,23). The van der Waals surface area contributed by atoms with Crippen molar-refractivity contribution in [1.82, 2.24) is 14.9 Å². The summed E-state index contributed by atoms with van der Waals surface area (Å²) < 4.78 is 1.99. The van der Waals surface area contributed by atoms with Crippen molar-refractivity contribution in [1.29, 1.82) is 0 Å². The van der Waals surface area contributed by atoms with Gasteiger partial charge in [-0.15, -0.1) is 0 Å². The van der Waals surface area contributed by atoms with Gasteiger partial charge in [0.15, 0.2) is 0 Å². The topological polar surface area (TPSA) is 50.2 Å². The number of carbonyl (C=O) groups is 1. The maximum atomic E-state index is 12.4. The summed E-state index contributed by atoms with van der Waals surface area (Å²) >= 11 is 0. The lowest BCUT2D eigenvalue weighted by molar-refractivity contribution is 0.237. The second-order valence-corrected chi connectivity index (χ2v) is 6.80. The SMILES string of the molecule is Cc1cn(-c2ccc(N3CC4(CCCCC4)NC3=O)cc2)cn1. The molecule has 1 aliphatic carbocycles. The van der Waals surface area contributed by atoms with Gasteiger partial charge in [0, 0.05) is 17.6 Å². The Morgan fingerprint density at radius 3 is 2.43 bits per heavy atom. The molecule has 1 aromatic carbocycles. The highest BCUT2D eigenvalue weighted by molar-refractivity contribution is 5.95. The van der Waals surface area contributed by atoms with Crippen LogP contribution in [0.3, 0.4) is 0 Å². The molecular formula is C18H22N4O. The highest BCUT2D eigenvalue weighted by Gasteiger charge is 2.43. The van der Waals surface area contributed by atoms with Crippen LogP contribution < -0.4 is 10.2 Å². The number of aryl methyl sites for hydroxylation is 1. The summed E-state index contributed by atoms with van der Waals surface area (Å²) in [6, 6.07) is 8.15. The minimum atomic E-state index is -0.00450. The molecule has 2 aromatic rings. The number of rotatable bonds is 2. The molecule has 5 nitrogen and oxygen atoms in total. The van der Waals surface area contributed by atoms with E-state index in [1.54, 1.807) is 0 Å². The van der Waals surface area contributed by atoms with Crippen LogP contribution in [0.5, 0.6) is 0 Å². The number of hydrogen-bond acceptors (Lipinski definition) is 2. The Kier molecular flexibility index (Phi) is 3.36. The van der Waals surface area contributed by atoms with Crippen LogP contribution in [-0.2, 0) is 0 Å². The van der Waals surface area contributed by atoms with Crippen molar-refractivity contribution in [3.8, 4) is 5.69 Å². The molecule has 1 saturated carbocycles. The lowest BCUT2D eigenvalue weighted by Crippen LogP contribution is -2.44. The van der Waals surface area contributed by atoms with Gasteiger partial charge in [-0.2, -0.15) is 0 Å². The van der Waals surface area contributed by atoms with Gasteiger partial charge in [0.25, 0.3) is 0 Å². The number of carbonyl (C=O) groups excluding carboxylic acids is 1. The quantitative estimate of drug-likeness (QED) is 0.924. The van der Waals surface area contributed by atoms with E-state index in [2.05, 4.69) is 10.3 Å². The minimum Gasteiger partial charge on any atom is -0.330 e. The van der Waals surface area contributed by atoms with E-state index in [1.165, 1.54) is 19.3 Å². The van der Waals surface area contributed by atoms with Crippen LogP contribution in [0.25, 0.3) is 5.69 Å². The van der Waals surface area contributed by atoms with Gasteiger partial charge in [-0.1, -0.05) is 19.3 Å². The smallest absolute Gasteiger partial charge is 0.322 e. The van der Waals surface area contributed by atoms with Gasteiger partial charge in [-0.25, -0.2) is 9.78 Å². The number of aromatic nitrogens is 2. The Bertz CT molecular complexity index is 713. The fourth-order valence-electron chi connectivity index (χ4n) is 3.80. The fraction of sp³-hybridized carbons (Fsp3) is 0.444. The Balaban J connectivity index is 1.55. The molecule has 0 unspecified atom stereocenters. The minimum absolute atomic E-state index is 0.00450. The van der Waals surface area contributed by atoms with Gasteiger partial charge in [-0.05, 0) is 44.0 Å². The molecule has 1 spiro atoms. The predicted octanol–water partition coefficient (Wildman–Crippen LogP) is 3.41. The molecule has 120 valence electrons. The first kappa shape index (κ1) is 14.3. The van der Waals surface area contributed by atoms with Crippen molar-refractivity contribution in [3.05, 3.63) is 42.5 Å². The summed E-state index contributed by atoms with van der Waals surface area (Å²) in [6.45, 7) is 2.76. The second-order valence-electron chi connectivity index (χ2n) is 6.80. The molecular weight excluding hydrogens is 288 g/mol. The molecule has 2 fully saturated rings. The third kappa shape index (κ3) is 2.60. The van der Waals surface area contributed by atoms with E-state index in [0.29, 0.717) is 0 Å². The number of imidazole rings is 1. The van der Waals surface area contributed by atoms with Crippen molar-refractivity contribution in [2.75, 3.05) is 11.4 Å². The zero-order valence-corrected chi connectivity index (χ0v) is 13.5. The van der Waals surface area contributed by atoms with Crippen molar-refractivity contribution >= 4 is 11.7 Å². The Hall–Kier alpha value is -2.30. The molecule has 1 aliphatic heterocycles. The predicted molar refractivity (Wildman–Crippen MR) is 90.0 cm³/mol. The van der Waals surface area contributed by atoms with Crippen molar-refractivity contribution in [2.45, 2.75) is 44.6 Å². The fourth-order valence-corrected chi connectivity index (χ4v) is 3.80. The molecule has 0 radical (unpaired) electrons. The van der Waals surface area contributed by atoms with Crippen LogP contribution in [0.2, 0.25) is 0 Å². The highest BCUT2D eigenvalue weighted by atomic mass is 16.2. The van der Waals surface area contributed by atoms with E-state index in [4.69, 9.17) is 0 Å². The molecule has 2 aliphatic rings. The largest absolute Gasteiger partial charge is 0.330 e. The average molecular weight is 310 g/mol. The van der Waals surface area contributed by atoms with Crippen LogP contribution in [0.4, 0.5) is 10.5 Å². The van der Waals surface area contributed by atoms with Gasteiger partial charge >= 0.3 is 6.03 Å². The third-order valence-corrected chi connectivity index (χ3v) is 5.06. The van der Waals surface area contributed by atoms with Crippen molar-refractivity contribution in [3.63, 3.8) is 0 Å². The van der Waals surface area contributed by atoms with Crippen LogP contribution >= 0.6 is 0 Å². The van der Waals surface area contributed by atoms with E-state index in [1.807, 2.05) is 53.2 Å². The molecule has 1 aromatic heterocycles. The normalized spacial score (nSPS) is 20.0. The molecule has 1 N–H and O–H groups in total. The van der Waals surface area contributed by atoms with E-state index >= 15 is 0 Å². The summed E-state index contributed by atoms with van der Waals surface area (Å²) in [6.07, 6.45) is 9.72. The number of amides is 2. The van der Waals surface area contributed by atoms with Crippen LogP contribution in [0.1, 0.15) is 37.8 Å². The Morgan fingerprint density at radius 1 is 1.09 bits per heavy atom. The van der Waals surface area contributed by atoms with E-state index < -0.39 is 0 Å². The van der Waals surface area contributed by atoms with Crippen LogP contribution in [-0.4, -0.2) is 27.7 Å². The molecule has 2 heterocycles. The number of anilines is 1. The van der Waals surface area contributed by atoms with E-state index in [9.17, 15) is 4.79 Å². The van der Waals surface area contributed by atoms with Gasteiger partial charge < -0.3 is 9.88 Å². The molecule has 0 bridgehead atoms. The molecule has 1 saturated heterocycles. The number of nitrogens with zero attached hydrogens (tertiary/aromatic N) is 3. The summed E-state index contributed by atoms with van der Waals surface area (Å²) in [5.41, 5.74) is 3.01. The zero-order chi connectivity index (χ0) is 15.9.